The monoisotopic (exact) mass is 389 g/mol. The molecule has 3 rings (SSSR count). The Morgan fingerprint density at radius 2 is 1.96 bits per heavy atom. The number of nitrogens with two attached hydrogens (primary N) is 1. The van der Waals surface area contributed by atoms with Gasteiger partial charge >= 0.3 is 0 Å². The zero-order chi connectivity index (χ0) is 19.8. The summed E-state index contributed by atoms with van der Waals surface area (Å²) in [5, 5.41) is 10.5. The summed E-state index contributed by atoms with van der Waals surface area (Å²) in [6, 6.07) is 9.66. The molecule has 0 aromatic heterocycles. The average molecular weight is 389 g/mol. The number of rotatable bonds is 4. The van der Waals surface area contributed by atoms with E-state index in [-0.39, 0.29) is 11.3 Å². The number of fused-ring (bicyclic) bond motifs is 1. The molecule has 4 N–H and O–H groups in total. The van der Waals surface area contributed by atoms with Crippen molar-refractivity contribution in [3.05, 3.63) is 47.5 Å². The molecule has 0 radical (unpaired) electrons. The third-order valence-electron chi connectivity index (χ3n) is 4.32. The van der Waals surface area contributed by atoms with Crippen molar-refractivity contribution in [2.75, 3.05) is 10.6 Å². The minimum absolute atomic E-state index is 0.0958. The third-order valence-corrected chi connectivity index (χ3v) is 5.21. The van der Waals surface area contributed by atoms with Crippen LogP contribution in [0.5, 0.6) is 5.75 Å². The first-order valence-electron chi connectivity index (χ1n) is 8.15. The molecule has 142 valence electrons. The van der Waals surface area contributed by atoms with E-state index in [9.17, 15) is 18.0 Å². The second kappa shape index (κ2) is 7.01. The van der Waals surface area contributed by atoms with Crippen LogP contribution in [0.25, 0.3) is 0 Å². The summed E-state index contributed by atoms with van der Waals surface area (Å²) in [7, 11) is -3.91. The zero-order valence-corrected chi connectivity index (χ0v) is 15.6. The molecular weight excluding hydrogens is 370 g/mol. The SMILES string of the molecule is Cc1cc(S(N)(=O)=O)cc(NC(=O)C[C@H]2Oc3ccccc3NC2=O)c1C. The van der Waals surface area contributed by atoms with Crippen molar-refractivity contribution in [3.63, 3.8) is 0 Å². The van der Waals surface area contributed by atoms with E-state index in [1.54, 1.807) is 38.1 Å². The van der Waals surface area contributed by atoms with Crippen LogP contribution in [-0.2, 0) is 19.6 Å². The van der Waals surface area contributed by atoms with E-state index in [0.29, 0.717) is 28.3 Å². The Labute approximate surface area is 156 Å². The van der Waals surface area contributed by atoms with Crippen LogP contribution in [0, 0.1) is 13.8 Å². The molecule has 9 heteroatoms. The molecule has 1 heterocycles. The first-order chi connectivity index (χ1) is 12.6. The molecule has 0 aliphatic carbocycles. The van der Waals surface area contributed by atoms with Gasteiger partial charge in [0.25, 0.3) is 5.91 Å². The Morgan fingerprint density at radius 3 is 2.67 bits per heavy atom. The number of carbonyl (C=O) groups is 2. The summed E-state index contributed by atoms with van der Waals surface area (Å²) in [5.74, 6) is -0.420. The number of amides is 2. The number of primary sulfonamides is 1. The highest BCUT2D eigenvalue weighted by Crippen LogP contribution is 2.30. The highest BCUT2D eigenvalue weighted by Gasteiger charge is 2.29. The maximum Gasteiger partial charge on any atom is 0.266 e. The summed E-state index contributed by atoms with van der Waals surface area (Å²) in [6.07, 6.45) is -1.21. The van der Waals surface area contributed by atoms with E-state index in [2.05, 4.69) is 10.6 Å². The maximum atomic E-state index is 12.4. The average Bonchev–Trinajstić information content (AvgIpc) is 2.58. The van der Waals surface area contributed by atoms with Gasteiger partial charge in [0, 0.05) is 5.69 Å². The van der Waals surface area contributed by atoms with Crippen LogP contribution in [0.15, 0.2) is 41.3 Å². The van der Waals surface area contributed by atoms with Crippen LogP contribution in [0.4, 0.5) is 11.4 Å². The standard InChI is InChI=1S/C18H19N3O5S/c1-10-7-12(27(19,24)25)8-14(11(10)2)20-17(22)9-16-18(23)21-13-5-3-4-6-15(13)26-16/h3-8,16H,9H2,1-2H3,(H,20,22)(H,21,23)(H2,19,24,25)/t16-/m1/s1. The van der Waals surface area contributed by atoms with E-state index in [1.165, 1.54) is 12.1 Å². The second-order valence-electron chi connectivity index (χ2n) is 6.30. The summed E-state index contributed by atoms with van der Waals surface area (Å²) in [5.41, 5.74) is 2.24. The van der Waals surface area contributed by atoms with Crippen molar-refractivity contribution in [3.8, 4) is 5.75 Å². The fraction of sp³-hybridized carbons (Fsp3) is 0.222. The Hall–Kier alpha value is -2.91. The normalized spacial score (nSPS) is 16.1. The lowest BCUT2D eigenvalue weighted by Gasteiger charge is -2.25. The Bertz CT molecular complexity index is 1030. The highest BCUT2D eigenvalue weighted by atomic mass is 32.2. The van der Waals surface area contributed by atoms with Gasteiger partial charge in [-0.05, 0) is 49.2 Å². The molecule has 0 spiro atoms. The fourth-order valence-electron chi connectivity index (χ4n) is 2.72. The molecule has 0 fully saturated rings. The molecule has 0 saturated heterocycles. The number of hydrogen-bond donors (Lipinski definition) is 3. The van der Waals surface area contributed by atoms with Crippen molar-refractivity contribution in [2.45, 2.75) is 31.3 Å². The Kier molecular flexibility index (Phi) is 4.90. The largest absolute Gasteiger partial charge is 0.478 e. The van der Waals surface area contributed by atoms with Crippen molar-refractivity contribution in [2.24, 2.45) is 5.14 Å². The Morgan fingerprint density at radius 1 is 1.26 bits per heavy atom. The molecule has 2 aromatic rings. The van der Waals surface area contributed by atoms with Crippen molar-refractivity contribution >= 4 is 33.2 Å². The Balaban J connectivity index is 1.77. The fourth-order valence-corrected chi connectivity index (χ4v) is 3.34. The number of hydrogen-bond acceptors (Lipinski definition) is 5. The van der Waals surface area contributed by atoms with E-state index >= 15 is 0 Å². The minimum atomic E-state index is -3.91. The van der Waals surface area contributed by atoms with Crippen LogP contribution in [0.3, 0.4) is 0 Å². The predicted molar refractivity (Wildman–Crippen MR) is 100 cm³/mol. The molecule has 1 aliphatic heterocycles. The number of nitrogens with one attached hydrogen (secondary N) is 2. The molecule has 2 amide bonds. The van der Waals surface area contributed by atoms with Gasteiger partial charge in [-0.2, -0.15) is 0 Å². The van der Waals surface area contributed by atoms with Gasteiger partial charge in [0.15, 0.2) is 6.10 Å². The highest BCUT2D eigenvalue weighted by molar-refractivity contribution is 7.89. The van der Waals surface area contributed by atoms with Gasteiger partial charge in [0.2, 0.25) is 15.9 Å². The topological polar surface area (TPSA) is 128 Å². The van der Waals surface area contributed by atoms with E-state index in [4.69, 9.17) is 9.88 Å². The number of aryl methyl sites for hydroxylation is 1. The van der Waals surface area contributed by atoms with Crippen LogP contribution >= 0.6 is 0 Å². The zero-order valence-electron chi connectivity index (χ0n) is 14.8. The van der Waals surface area contributed by atoms with Crippen LogP contribution in [0.1, 0.15) is 17.5 Å². The van der Waals surface area contributed by atoms with Gasteiger partial charge in [-0.25, -0.2) is 13.6 Å². The lowest BCUT2D eigenvalue weighted by Crippen LogP contribution is -2.39. The summed E-state index contributed by atoms with van der Waals surface area (Å²) in [6.45, 7) is 3.46. The molecular formula is C18H19N3O5S. The van der Waals surface area contributed by atoms with Crippen molar-refractivity contribution in [1.29, 1.82) is 0 Å². The first-order valence-corrected chi connectivity index (χ1v) is 9.70. The molecule has 1 atom stereocenters. The quantitative estimate of drug-likeness (QED) is 0.733. The van der Waals surface area contributed by atoms with Gasteiger partial charge in [0.05, 0.1) is 17.0 Å². The van der Waals surface area contributed by atoms with Crippen LogP contribution < -0.4 is 20.5 Å². The van der Waals surface area contributed by atoms with Crippen molar-refractivity contribution < 1.29 is 22.7 Å². The summed E-state index contributed by atoms with van der Waals surface area (Å²) >= 11 is 0. The van der Waals surface area contributed by atoms with Crippen molar-refractivity contribution in [1.82, 2.24) is 0 Å². The number of ether oxygens (including phenoxy) is 1. The van der Waals surface area contributed by atoms with Crippen LogP contribution in [0.2, 0.25) is 0 Å². The molecule has 27 heavy (non-hydrogen) atoms. The molecule has 0 bridgehead atoms. The lowest BCUT2D eigenvalue weighted by molar-refractivity contribution is -0.128. The van der Waals surface area contributed by atoms with E-state index in [1.807, 2.05) is 0 Å². The number of para-hydroxylation sites is 2. The van der Waals surface area contributed by atoms with E-state index < -0.39 is 27.9 Å². The molecule has 2 aromatic carbocycles. The van der Waals surface area contributed by atoms with Gasteiger partial charge < -0.3 is 15.4 Å². The molecule has 1 aliphatic rings. The molecule has 8 nitrogen and oxygen atoms in total. The molecule has 0 saturated carbocycles. The second-order valence-corrected chi connectivity index (χ2v) is 7.86. The molecule has 0 unspecified atom stereocenters. The van der Waals surface area contributed by atoms with Gasteiger partial charge in [0.1, 0.15) is 5.75 Å². The first kappa shape index (κ1) is 18.9. The predicted octanol–water partition coefficient (Wildman–Crippen LogP) is 1.68. The number of anilines is 2. The minimum Gasteiger partial charge on any atom is -0.478 e. The van der Waals surface area contributed by atoms with E-state index in [0.717, 1.165) is 0 Å². The number of sulfonamides is 1. The smallest absolute Gasteiger partial charge is 0.266 e. The summed E-state index contributed by atoms with van der Waals surface area (Å²) in [4.78, 5) is 24.5. The number of benzene rings is 2. The van der Waals surface area contributed by atoms with Gasteiger partial charge in [-0.1, -0.05) is 12.1 Å². The maximum absolute atomic E-state index is 12.4. The van der Waals surface area contributed by atoms with Crippen LogP contribution in [-0.4, -0.2) is 26.3 Å². The van der Waals surface area contributed by atoms with Gasteiger partial charge in [-0.15, -0.1) is 0 Å². The van der Waals surface area contributed by atoms with Gasteiger partial charge in [-0.3, -0.25) is 9.59 Å². The lowest BCUT2D eigenvalue weighted by atomic mass is 10.1. The third kappa shape index (κ3) is 4.09. The number of carbonyl (C=O) groups excluding carboxylic acids is 2. The summed E-state index contributed by atoms with van der Waals surface area (Å²) < 4.78 is 28.8.